The highest BCUT2D eigenvalue weighted by atomic mass is 16.2. The van der Waals surface area contributed by atoms with Gasteiger partial charge >= 0.3 is 0 Å². The van der Waals surface area contributed by atoms with Gasteiger partial charge in [-0.25, -0.2) is 0 Å². The molecule has 2 aliphatic rings. The van der Waals surface area contributed by atoms with Crippen LogP contribution in [-0.4, -0.2) is 49.4 Å². The Morgan fingerprint density at radius 1 is 1.17 bits per heavy atom. The van der Waals surface area contributed by atoms with Crippen molar-refractivity contribution in [3.63, 3.8) is 0 Å². The van der Waals surface area contributed by atoms with Gasteiger partial charge in [-0.2, -0.15) is 0 Å². The van der Waals surface area contributed by atoms with E-state index in [1.165, 1.54) is 19.8 Å². The molecule has 0 atom stereocenters. The number of carbonyl (C=O) groups is 2. The Kier molecular flexibility index (Phi) is 4.22. The van der Waals surface area contributed by atoms with Gasteiger partial charge in [0.1, 0.15) is 0 Å². The average molecular weight is 253 g/mol. The Balaban J connectivity index is 1.78. The van der Waals surface area contributed by atoms with Crippen LogP contribution in [0, 0.1) is 5.41 Å². The molecule has 18 heavy (non-hydrogen) atoms. The van der Waals surface area contributed by atoms with E-state index in [2.05, 4.69) is 10.6 Å². The van der Waals surface area contributed by atoms with Gasteiger partial charge in [-0.3, -0.25) is 9.59 Å². The predicted molar refractivity (Wildman–Crippen MR) is 69.0 cm³/mol. The molecular weight excluding hydrogens is 230 g/mol. The third-order valence-electron chi connectivity index (χ3n) is 4.33. The molecule has 5 heteroatoms. The molecule has 2 rings (SSSR count). The summed E-state index contributed by atoms with van der Waals surface area (Å²) in [6.07, 6.45) is 4.70. The molecule has 2 saturated heterocycles. The van der Waals surface area contributed by atoms with Crippen LogP contribution in [0.5, 0.6) is 0 Å². The summed E-state index contributed by atoms with van der Waals surface area (Å²) in [5.41, 5.74) is 0.468. The topological polar surface area (TPSA) is 61.4 Å². The molecule has 102 valence electrons. The molecule has 1 spiro atoms. The standard InChI is InChI=1S/C13H23N3O2/c1-11(17)15-10-12(18)16-8-4-13(5-9-16)2-6-14-7-3-13/h14H,2-10H2,1H3,(H,15,17). The summed E-state index contributed by atoms with van der Waals surface area (Å²) in [5.74, 6) is -0.0934. The van der Waals surface area contributed by atoms with Crippen LogP contribution in [0.1, 0.15) is 32.6 Å². The van der Waals surface area contributed by atoms with Gasteiger partial charge in [-0.15, -0.1) is 0 Å². The van der Waals surface area contributed by atoms with Crippen LogP contribution in [0.3, 0.4) is 0 Å². The fourth-order valence-electron chi connectivity index (χ4n) is 3.00. The van der Waals surface area contributed by atoms with Crippen molar-refractivity contribution >= 4 is 11.8 Å². The average Bonchev–Trinajstić information content (AvgIpc) is 2.38. The Hall–Kier alpha value is -1.10. The van der Waals surface area contributed by atoms with Gasteiger partial charge in [0, 0.05) is 20.0 Å². The first-order chi connectivity index (χ1) is 8.61. The lowest BCUT2D eigenvalue weighted by molar-refractivity contribution is -0.134. The van der Waals surface area contributed by atoms with Gasteiger partial charge in [-0.1, -0.05) is 0 Å². The van der Waals surface area contributed by atoms with Crippen LogP contribution in [0.15, 0.2) is 0 Å². The van der Waals surface area contributed by atoms with E-state index in [1.807, 2.05) is 4.90 Å². The number of hydrogen-bond donors (Lipinski definition) is 2. The maximum Gasteiger partial charge on any atom is 0.241 e. The molecule has 0 aliphatic carbocycles. The minimum atomic E-state index is -0.143. The second-order valence-corrected chi connectivity index (χ2v) is 5.54. The normalized spacial score (nSPS) is 22.8. The molecule has 2 amide bonds. The quantitative estimate of drug-likeness (QED) is 0.734. The lowest BCUT2D eigenvalue weighted by Gasteiger charge is -2.44. The zero-order valence-corrected chi connectivity index (χ0v) is 11.1. The number of likely N-dealkylation sites (tertiary alicyclic amines) is 1. The number of carbonyl (C=O) groups excluding carboxylic acids is 2. The second-order valence-electron chi connectivity index (χ2n) is 5.54. The van der Waals surface area contributed by atoms with Gasteiger partial charge in [-0.05, 0) is 44.2 Å². The first kappa shape index (κ1) is 13.3. The van der Waals surface area contributed by atoms with E-state index in [0.717, 1.165) is 39.0 Å². The van der Waals surface area contributed by atoms with E-state index in [-0.39, 0.29) is 18.4 Å². The van der Waals surface area contributed by atoms with E-state index in [4.69, 9.17) is 0 Å². The van der Waals surface area contributed by atoms with Gasteiger partial charge in [0.2, 0.25) is 11.8 Å². The van der Waals surface area contributed by atoms with Crippen molar-refractivity contribution in [2.45, 2.75) is 32.6 Å². The molecule has 0 unspecified atom stereocenters. The maximum atomic E-state index is 11.9. The minimum absolute atomic E-state index is 0.0500. The molecule has 0 aromatic carbocycles. The number of rotatable bonds is 2. The van der Waals surface area contributed by atoms with Crippen LogP contribution >= 0.6 is 0 Å². The molecule has 2 aliphatic heterocycles. The third kappa shape index (κ3) is 3.22. The number of nitrogens with one attached hydrogen (secondary N) is 2. The van der Waals surface area contributed by atoms with Crippen LogP contribution in [0.25, 0.3) is 0 Å². The van der Waals surface area contributed by atoms with Crippen LogP contribution in [0.4, 0.5) is 0 Å². The van der Waals surface area contributed by atoms with E-state index in [9.17, 15) is 9.59 Å². The maximum absolute atomic E-state index is 11.9. The largest absolute Gasteiger partial charge is 0.347 e. The van der Waals surface area contributed by atoms with Gasteiger partial charge in [0.25, 0.3) is 0 Å². The SMILES string of the molecule is CC(=O)NCC(=O)N1CCC2(CCNCC2)CC1. The molecule has 2 N–H and O–H groups in total. The van der Waals surface area contributed by atoms with Crippen molar-refractivity contribution in [3.05, 3.63) is 0 Å². The molecule has 0 aromatic rings. The first-order valence-corrected chi connectivity index (χ1v) is 6.84. The molecule has 0 saturated carbocycles. The first-order valence-electron chi connectivity index (χ1n) is 6.84. The van der Waals surface area contributed by atoms with Gasteiger partial charge < -0.3 is 15.5 Å². The third-order valence-corrected chi connectivity index (χ3v) is 4.33. The highest BCUT2D eigenvalue weighted by Crippen LogP contribution is 2.39. The highest BCUT2D eigenvalue weighted by molar-refractivity contribution is 5.83. The highest BCUT2D eigenvalue weighted by Gasteiger charge is 2.36. The van der Waals surface area contributed by atoms with Crippen molar-refractivity contribution in [1.29, 1.82) is 0 Å². The number of piperidine rings is 2. The molecule has 5 nitrogen and oxygen atoms in total. The summed E-state index contributed by atoms with van der Waals surface area (Å²) in [4.78, 5) is 24.5. The Bertz CT molecular complexity index is 314. The minimum Gasteiger partial charge on any atom is -0.347 e. The number of amides is 2. The fourth-order valence-corrected chi connectivity index (χ4v) is 3.00. The van der Waals surface area contributed by atoms with E-state index in [1.54, 1.807) is 0 Å². The molecule has 0 bridgehead atoms. The fraction of sp³-hybridized carbons (Fsp3) is 0.846. The predicted octanol–water partition coefficient (Wildman–Crippen LogP) is 0.115. The Labute approximate surface area is 108 Å². The molecular formula is C13H23N3O2. The summed E-state index contributed by atoms with van der Waals surface area (Å²) >= 11 is 0. The lowest BCUT2D eigenvalue weighted by Crippen LogP contribution is -2.49. The summed E-state index contributed by atoms with van der Waals surface area (Å²) in [5, 5.41) is 5.97. The van der Waals surface area contributed by atoms with Crippen LogP contribution in [0.2, 0.25) is 0 Å². The van der Waals surface area contributed by atoms with Crippen molar-refractivity contribution in [2.75, 3.05) is 32.7 Å². The monoisotopic (exact) mass is 253 g/mol. The lowest BCUT2D eigenvalue weighted by atomic mass is 9.71. The van der Waals surface area contributed by atoms with Crippen molar-refractivity contribution in [3.8, 4) is 0 Å². The van der Waals surface area contributed by atoms with Gasteiger partial charge in [0.05, 0.1) is 6.54 Å². The Morgan fingerprint density at radius 3 is 2.33 bits per heavy atom. The molecule has 0 aromatic heterocycles. The van der Waals surface area contributed by atoms with E-state index >= 15 is 0 Å². The van der Waals surface area contributed by atoms with Crippen molar-refractivity contribution in [2.24, 2.45) is 5.41 Å². The van der Waals surface area contributed by atoms with Crippen molar-refractivity contribution in [1.82, 2.24) is 15.5 Å². The summed E-state index contributed by atoms with van der Waals surface area (Å²) in [6.45, 7) is 5.49. The Morgan fingerprint density at radius 2 is 1.78 bits per heavy atom. The van der Waals surface area contributed by atoms with Crippen LogP contribution in [-0.2, 0) is 9.59 Å². The van der Waals surface area contributed by atoms with E-state index < -0.39 is 0 Å². The summed E-state index contributed by atoms with van der Waals surface area (Å²) < 4.78 is 0. The number of hydrogen-bond acceptors (Lipinski definition) is 3. The summed E-state index contributed by atoms with van der Waals surface area (Å²) in [7, 11) is 0. The molecule has 0 radical (unpaired) electrons. The zero-order chi connectivity index (χ0) is 13.0. The zero-order valence-electron chi connectivity index (χ0n) is 11.1. The van der Waals surface area contributed by atoms with Gasteiger partial charge in [0.15, 0.2) is 0 Å². The second kappa shape index (κ2) is 5.69. The summed E-state index contributed by atoms with van der Waals surface area (Å²) in [6, 6.07) is 0. The van der Waals surface area contributed by atoms with E-state index in [0.29, 0.717) is 5.41 Å². The molecule has 2 heterocycles. The van der Waals surface area contributed by atoms with Crippen molar-refractivity contribution < 1.29 is 9.59 Å². The van der Waals surface area contributed by atoms with Crippen LogP contribution < -0.4 is 10.6 Å². The molecule has 2 fully saturated rings. The number of nitrogens with zero attached hydrogens (tertiary/aromatic N) is 1. The smallest absolute Gasteiger partial charge is 0.241 e.